The summed E-state index contributed by atoms with van der Waals surface area (Å²) < 4.78 is 5.17. The number of anilines is 1. The molecule has 1 amide bonds. The fourth-order valence-electron chi connectivity index (χ4n) is 2.17. The second-order valence-electron chi connectivity index (χ2n) is 4.96. The first kappa shape index (κ1) is 14.7. The monoisotopic (exact) mass is 305 g/mol. The third-order valence-corrected chi connectivity index (χ3v) is 3.26. The van der Waals surface area contributed by atoms with Crippen LogP contribution in [0.2, 0.25) is 0 Å². The first-order valence-electron chi connectivity index (χ1n) is 7.14. The van der Waals surface area contributed by atoms with E-state index in [-0.39, 0.29) is 5.75 Å². The molecular formula is C19H15NO3. The molecule has 0 saturated carbocycles. The predicted octanol–water partition coefficient (Wildman–Crippen LogP) is 4.67. The van der Waals surface area contributed by atoms with E-state index in [0.717, 1.165) is 11.1 Å². The standard InChI is InChI=1S/C19H15NO3/c21-17-6-4-5-15(13-17)14-9-11-16(12-10-14)20-19(22)23-18-7-2-1-3-8-18/h1-13,21H,(H,20,22). The van der Waals surface area contributed by atoms with Crippen LogP contribution in [0.25, 0.3) is 11.1 Å². The van der Waals surface area contributed by atoms with Gasteiger partial charge in [-0.3, -0.25) is 5.32 Å². The highest BCUT2D eigenvalue weighted by Crippen LogP contribution is 2.24. The van der Waals surface area contributed by atoms with Crippen LogP contribution in [0.15, 0.2) is 78.9 Å². The van der Waals surface area contributed by atoms with Gasteiger partial charge in [-0.25, -0.2) is 4.79 Å². The molecule has 0 heterocycles. The molecular weight excluding hydrogens is 290 g/mol. The minimum atomic E-state index is -0.540. The predicted molar refractivity (Wildman–Crippen MR) is 89.6 cm³/mol. The first-order chi connectivity index (χ1) is 11.2. The van der Waals surface area contributed by atoms with Gasteiger partial charge in [-0.15, -0.1) is 0 Å². The van der Waals surface area contributed by atoms with Gasteiger partial charge in [-0.1, -0.05) is 42.5 Å². The lowest BCUT2D eigenvalue weighted by molar-refractivity contribution is 0.215. The third kappa shape index (κ3) is 3.89. The van der Waals surface area contributed by atoms with Gasteiger partial charge in [0.25, 0.3) is 0 Å². The molecule has 0 spiro atoms. The minimum absolute atomic E-state index is 0.219. The normalized spacial score (nSPS) is 10.1. The number of carbonyl (C=O) groups excluding carboxylic acids is 1. The van der Waals surface area contributed by atoms with Crippen LogP contribution in [0.3, 0.4) is 0 Å². The molecule has 114 valence electrons. The van der Waals surface area contributed by atoms with Gasteiger partial charge in [-0.05, 0) is 47.5 Å². The molecule has 0 unspecified atom stereocenters. The summed E-state index contributed by atoms with van der Waals surface area (Å²) in [7, 11) is 0. The Hall–Kier alpha value is -3.27. The van der Waals surface area contributed by atoms with Crippen LogP contribution in [-0.4, -0.2) is 11.2 Å². The second-order valence-corrected chi connectivity index (χ2v) is 4.96. The van der Waals surface area contributed by atoms with Crippen molar-refractivity contribution in [3.8, 4) is 22.6 Å². The number of nitrogens with one attached hydrogen (secondary N) is 1. The summed E-state index contributed by atoms with van der Waals surface area (Å²) in [5, 5.41) is 12.2. The molecule has 3 aromatic carbocycles. The zero-order valence-electron chi connectivity index (χ0n) is 12.3. The van der Waals surface area contributed by atoms with Gasteiger partial charge >= 0.3 is 6.09 Å². The molecule has 23 heavy (non-hydrogen) atoms. The molecule has 4 nitrogen and oxygen atoms in total. The van der Waals surface area contributed by atoms with Gasteiger partial charge in [-0.2, -0.15) is 0 Å². The molecule has 0 aromatic heterocycles. The number of ether oxygens (including phenoxy) is 1. The largest absolute Gasteiger partial charge is 0.508 e. The number of phenols is 1. The van der Waals surface area contributed by atoms with Gasteiger partial charge in [0.05, 0.1) is 0 Å². The molecule has 4 heteroatoms. The van der Waals surface area contributed by atoms with Crippen LogP contribution in [0, 0.1) is 0 Å². The van der Waals surface area contributed by atoms with E-state index >= 15 is 0 Å². The zero-order valence-corrected chi connectivity index (χ0v) is 12.3. The van der Waals surface area contributed by atoms with Gasteiger partial charge < -0.3 is 9.84 Å². The molecule has 0 atom stereocenters. The third-order valence-electron chi connectivity index (χ3n) is 3.26. The Bertz CT molecular complexity index is 798. The Morgan fingerprint density at radius 3 is 2.26 bits per heavy atom. The molecule has 0 radical (unpaired) electrons. The van der Waals surface area contributed by atoms with Crippen molar-refractivity contribution >= 4 is 11.8 Å². The van der Waals surface area contributed by atoms with E-state index in [9.17, 15) is 9.90 Å². The number of para-hydroxylation sites is 1. The summed E-state index contributed by atoms with van der Waals surface area (Å²) in [6, 6.07) is 23.2. The van der Waals surface area contributed by atoms with Crippen molar-refractivity contribution in [2.24, 2.45) is 0 Å². The van der Waals surface area contributed by atoms with E-state index in [2.05, 4.69) is 5.32 Å². The first-order valence-corrected chi connectivity index (χ1v) is 7.14. The highest BCUT2D eigenvalue weighted by atomic mass is 16.6. The van der Waals surface area contributed by atoms with Crippen LogP contribution >= 0.6 is 0 Å². The van der Waals surface area contributed by atoms with E-state index in [0.29, 0.717) is 11.4 Å². The molecule has 0 aliphatic rings. The molecule has 0 bridgehead atoms. The van der Waals surface area contributed by atoms with Crippen molar-refractivity contribution in [2.75, 3.05) is 5.32 Å². The number of rotatable bonds is 3. The highest BCUT2D eigenvalue weighted by Gasteiger charge is 2.05. The molecule has 0 saturated heterocycles. The van der Waals surface area contributed by atoms with Gasteiger partial charge in [0.2, 0.25) is 0 Å². The maximum absolute atomic E-state index is 11.8. The molecule has 3 rings (SSSR count). The smallest absolute Gasteiger partial charge is 0.417 e. The van der Waals surface area contributed by atoms with E-state index in [1.807, 2.05) is 24.3 Å². The van der Waals surface area contributed by atoms with Crippen molar-refractivity contribution < 1.29 is 14.6 Å². The molecule has 2 N–H and O–H groups in total. The fourth-order valence-corrected chi connectivity index (χ4v) is 2.17. The van der Waals surface area contributed by atoms with Crippen LogP contribution in [0.4, 0.5) is 10.5 Å². The van der Waals surface area contributed by atoms with Crippen LogP contribution in [0.1, 0.15) is 0 Å². The maximum atomic E-state index is 11.8. The zero-order chi connectivity index (χ0) is 16.1. The summed E-state index contributed by atoms with van der Waals surface area (Å²) in [5.41, 5.74) is 2.49. The lowest BCUT2D eigenvalue weighted by Crippen LogP contribution is -2.16. The van der Waals surface area contributed by atoms with E-state index in [1.54, 1.807) is 54.6 Å². The number of carbonyl (C=O) groups is 1. The van der Waals surface area contributed by atoms with Crippen molar-refractivity contribution in [2.45, 2.75) is 0 Å². The SMILES string of the molecule is O=C(Nc1ccc(-c2cccc(O)c2)cc1)Oc1ccccc1. The Morgan fingerprint density at radius 2 is 1.57 bits per heavy atom. The topological polar surface area (TPSA) is 58.6 Å². The Labute approximate surface area is 134 Å². The fraction of sp³-hybridized carbons (Fsp3) is 0. The van der Waals surface area contributed by atoms with Gasteiger partial charge in [0.1, 0.15) is 11.5 Å². The van der Waals surface area contributed by atoms with Crippen LogP contribution in [-0.2, 0) is 0 Å². The minimum Gasteiger partial charge on any atom is -0.508 e. The van der Waals surface area contributed by atoms with Crippen molar-refractivity contribution in [1.82, 2.24) is 0 Å². The maximum Gasteiger partial charge on any atom is 0.417 e. The summed E-state index contributed by atoms with van der Waals surface area (Å²) in [6.45, 7) is 0. The van der Waals surface area contributed by atoms with Gasteiger partial charge in [0, 0.05) is 5.69 Å². The lowest BCUT2D eigenvalue weighted by atomic mass is 10.1. The van der Waals surface area contributed by atoms with Crippen LogP contribution < -0.4 is 10.1 Å². The van der Waals surface area contributed by atoms with Crippen molar-refractivity contribution in [1.29, 1.82) is 0 Å². The molecule has 3 aromatic rings. The average Bonchev–Trinajstić information content (AvgIpc) is 2.56. The quantitative estimate of drug-likeness (QED) is 0.739. The number of phenolic OH excluding ortho intramolecular Hbond substituents is 1. The summed E-state index contributed by atoms with van der Waals surface area (Å²) in [4.78, 5) is 11.8. The van der Waals surface area contributed by atoms with Crippen LogP contribution in [0.5, 0.6) is 11.5 Å². The average molecular weight is 305 g/mol. The molecule has 0 aliphatic heterocycles. The van der Waals surface area contributed by atoms with Gasteiger partial charge in [0.15, 0.2) is 0 Å². The van der Waals surface area contributed by atoms with E-state index in [1.165, 1.54) is 0 Å². The Balaban J connectivity index is 1.67. The molecule has 0 aliphatic carbocycles. The summed E-state index contributed by atoms with van der Waals surface area (Å²) in [6.07, 6.45) is -0.540. The highest BCUT2D eigenvalue weighted by molar-refractivity contribution is 5.86. The Kier molecular flexibility index (Phi) is 4.25. The molecule has 0 fully saturated rings. The number of aromatic hydroxyl groups is 1. The number of benzene rings is 3. The van der Waals surface area contributed by atoms with Crippen molar-refractivity contribution in [3.05, 3.63) is 78.9 Å². The van der Waals surface area contributed by atoms with E-state index < -0.39 is 6.09 Å². The number of amides is 1. The summed E-state index contributed by atoms with van der Waals surface area (Å²) in [5.74, 6) is 0.706. The lowest BCUT2D eigenvalue weighted by Gasteiger charge is -2.08. The van der Waals surface area contributed by atoms with E-state index in [4.69, 9.17) is 4.74 Å². The second kappa shape index (κ2) is 6.66. The van der Waals surface area contributed by atoms with Crippen molar-refractivity contribution in [3.63, 3.8) is 0 Å². The summed E-state index contributed by atoms with van der Waals surface area (Å²) >= 11 is 0. The Morgan fingerprint density at radius 1 is 0.826 bits per heavy atom. The number of hydrogen-bond donors (Lipinski definition) is 2. The number of hydrogen-bond acceptors (Lipinski definition) is 3.